The van der Waals surface area contributed by atoms with Crippen LogP contribution < -0.4 is 5.32 Å². The Morgan fingerprint density at radius 1 is 1.12 bits per heavy atom. The van der Waals surface area contributed by atoms with E-state index in [4.69, 9.17) is 4.74 Å². The van der Waals surface area contributed by atoms with Crippen molar-refractivity contribution in [2.24, 2.45) is 0 Å². The van der Waals surface area contributed by atoms with Gasteiger partial charge in [0.05, 0.1) is 35.1 Å². The smallest absolute Gasteiger partial charge is 0.358 e. The van der Waals surface area contributed by atoms with E-state index in [-0.39, 0.29) is 30.4 Å². The fraction of sp³-hybridized carbons (Fsp3) is 0.167. The van der Waals surface area contributed by atoms with Gasteiger partial charge in [0.15, 0.2) is 5.69 Å². The summed E-state index contributed by atoms with van der Waals surface area (Å²) in [6.07, 6.45) is 2.33. The number of hydrogen-bond acceptors (Lipinski definition) is 6. The Kier molecular flexibility index (Phi) is 6.89. The molecule has 0 fully saturated rings. The standard InChI is InChI=1S/C24H21FN4O3S/c1-2-32-24(31)20-11-12-29(28-20)21-6-4-3-5-19(21)27-22(30)14-18-15-33-23(26-18)13-16-7-9-17(25)10-8-16/h3-12,15H,2,13-14H2,1H3,(H,27,30). The van der Waals surface area contributed by atoms with Gasteiger partial charge in [-0.05, 0) is 42.8 Å². The highest BCUT2D eigenvalue weighted by Crippen LogP contribution is 2.21. The molecular weight excluding hydrogens is 443 g/mol. The molecule has 1 N–H and O–H groups in total. The van der Waals surface area contributed by atoms with E-state index in [1.165, 1.54) is 28.2 Å². The number of esters is 1. The summed E-state index contributed by atoms with van der Waals surface area (Å²) in [5.41, 5.74) is 2.99. The Balaban J connectivity index is 1.42. The molecule has 0 unspecified atom stereocenters. The Hall–Kier alpha value is -3.85. The SMILES string of the molecule is CCOC(=O)c1ccn(-c2ccccc2NC(=O)Cc2csc(Cc3ccc(F)cc3)n2)n1. The molecule has 0 aliphatic heterocycles. The lowest BCUT2D eigenvalue weighted by Gasteiger charge is -2.10. The van der Waals surface area contributed by atoms with E-state index in [1.807, 2.05) is 11.4 Å². The lowest BCUT2D eigenvalue weighted by Crippen LogP contribution is -2.16. The maximum absolute atomic E-state index is 13.1. The van der Waals surface area contributed by atoms with Crippen molar-refractivity contribution in [3.05, 3.63) is 94.0 Å². The topological polar surface area (TPSA) is 86.1 Å². The van der Waals surface area contributed by atoms with Crippen LogP contribution in [0.1, 0.15) is 33.7 Å². The highest BCUT2D eigenvalue weighted by Gasteiger charge is 2.15. The molecule has 1 amide bonds. The third-order valence-electron chi connectivity index (χ3n) is 4.71. The first-order valence-electron chi connectivity index (χ1n) is 10.3. The number of thiazole rings is 1. The van der Waals surface area contributed by atoms with Crippen LogP contribution in [0, 0.1) is 5.82 Å². The number of halogens is 1. The summed E-state index contributed by atoms with van der Waals surface area (Å²) >= 11 is 1.46. The van der Waals surface area contributed by atoms with Crippen LogP contribution in [0.15, 0.2) is 66.2 Å². The molecule has 0 atom stereocenters. The highest BCUT2D eigenvalue weighted by atomic mass is 32.1. The number of nitrogens with one attached hydrogen (secondary N) is 1. The van der Waals surface area contributed by atoms with Crippen molar-refractivity contribution in [1.29, 1.82) is 0 Å². The van der Waals surface area contributed by atoms with E-state index in [1.54, 1.807) is 49.5 Å². The molecule has 0 saturated heterocycles. The van der Waals surface area contributed by atoms with Gasteiger partial charge in [-0.15, -0.1) is 11.3 Å². The Morgan fingerprint density at radius 2 is 1.91 bits per heavy atom. The second kappa shape index (κ2) is 10.2. The molecule has 7 nitrogen and oxygen atoms in total. The van der Waals surface area contributed by atoms with Crippen LogP contribution in [0.25, 0.3) is 5.69 Å². The summed E-state index contributed by atoms with van der Waals surface area (Å²) < 4.78 is 19.6. The lowest BCUT2D eigenvalue weighted by atomic mass is 10.1. The van der Waals surface area contributed by atoms with Crippen LogP contribution >= 0.6 is 11.3 Å². The van der Waals surface area contributed by atoms with Gasteiger partial charge in [0, 0.05) is 18.0 Å². The van der Waals surface area contributed by atoms with E-state index in [9.17, 15) is 14.0 Å². The van der Waals surface area contributed by atoms with Crippen LogP contribution in [0.5, 0.6) is 0 Å². The molecule has 4 rings (SSSR count). The summed E-state index contributed by atoms with van der Waals surface area (Å²) in [7, 11) is 0. The van der Waals surface area contributed by atoms with Crippen LogP contribution in [0.2, 0.25) is 0 Å². The van der Waals surface area contributed by atoms with Crippen molar-refractivity contribution in [3.63, 3.8) is 0 Å². The highest BCUT2D eigenvalue weighted by molar-refractivity contribution is 7.09. The monoisotopic (exact) mass is 464 g/mol. The molecule has 0 saturated carbocycles. The maximum atomic E-state index is 13.1. The number of hydrogen-bond donors (Lipinski definition) is 1. The lowest BCUT2D eigenvalue weighted by molar-refractivity contribution is -0.115. The van der Waals surface area contributed by atoms with Crippen LogP contribution in [0.3, 0.4) is 0 Å². The van der Waals surface area contributed by atoms with E-state index in [2.05, 4.69) is 15.4 Å². The molecule has 0 bridgehead atoms. The van der Waals surface area contributed by atoms with Gasteiger partial charge in [0.25, 0.3) is 0 Å². The van der Waals surface area contributed by atoms with Crippen molar-refractivity contribution < 1.29 is 18.7 Å². The average Bonchev–Trinajstić information content (AvgIpc) is 3.46. The molecule has 33 heavy (non-hydrogen) atoms. The molecule has 0 aliphatic carbocycles. The number of para-hydroxylation sites is 2. The van der Waals surface area contributed by atoms with Gasteiger partial charge in [0.2, 0.25) is 5.91 Å². The number of benzene rings is 2. The van der Waals surface area contributed by atoms with Crippen molar-refractivity contribution in [2.75, 3.05) is 11.9 Å². The quantitative estimate of drug-likeness (QED) is 0.390. The second-order valence-electron chi connectivity index (χ2n) is 7.14. The number of rotatable bonds is 8. The van der Waals surface area contributed by atoms with E-state index >= 15 is 0 Å². The van der Waals surface area contributed by atoms with Gasteiger partial charge in [0.1, 0.15) is 5.82 Å². The van der Waals surface area contributed by atoms with Crippen molar-refractivity contribution in [1.82, 2.24) is 14.8 Å². The van der Waals surface area contributed by atoms with Crippen molar-refractivity contribution in [2.45, 2.75) is 19.8 Å². The number of aromatic nitrogens is 3. The summed E-state index contributed by atoms with van der Waals surface area (Å²) in [4.78, 5) is 29.1. The molecule has 2 aromatic carbocycles. The van der Waals surface area contributed by atoms with E-state index < -0.39 is 5.97 Å². The van der Waals surface area contributed by atoms with Crippen LogP contribution in [-0.2, 0) is 22.4 Å². The average molecular weight is 465 g/mol. The first-order valence-corrected chi connectivity index (χ1v) is 11.2. The number of nitrogens with zero attached hydrogens (tertiary/aromatic N) is 3. The predicted molar refractivity (Wildman–Crippen MR) is 123 cm³/mol. The van der Waals surface area contributed by atoms with Gasteiger partial charge < -0.3 is 10.1 Å². The Labute approximate surface area is 193 Å². The second-order valence-corrected chi connectivity index (χ2v) is 8.09. The van der Waals surface area contributed by atoms with Gasteiger partial charge >= 0.3 is 5.97 Å². The zero-order valence-electron chi connectivity index (χ0n) is 17.8. The fourth-order valence-electron chi connectivity index (χ4n) is 3.20. The molecule has 4 aromatic rings. The minimum Gasteiger partial charge on any atom is -0.461 e. The molecular formula is C24H21FN4O3S. The molecule has 2 heterocycles. The maximum Gasteiger partial charge on any atom is 0.358 e. The van der Waals surface area contributed by atoms with Gasteiger partial charge in [-0.25, -0.2) is 18.9 Å². The van der Waals surface area contributed by atoms with Crippen LogP contribution in [0.4, 0.5) is 10.1 Å². The number of carbonyl (C=O) groups is 2. The largest absolute Gasteiger partial charge is 0.461 e. The molecule has 9 heteroatoms. The van der Waals surface area contributed by atoms with Gasteiger partial charge in [-0.3, -0.25) is 4.79 Å². The van der Waals surface area contributed by atoms with E-state index in [0.29, 0.717) is 23.5 Å². The summed E-state index contributed by atoms with van der Waals surface area (Å²) in [6, 6.07) is 15.0. The molecule has 0 radical (unpaired) electrons. The Bertz CT molecular complexity index is 1270. The number of ether oxygens (including phenoxy) is 1. The first kappa shape index (κ1) is 22.3. The van der Waals surface area contributed by atoms with Crippen LogP contribution in [-0.4, -0.2) is 33.2 Å². The van der Waals surface area contributed by atoms with Crippen molar-refractivity contribution >= 4 is 28.9 Å². The third-order valence-corrected chi connectivity index (χ3v) is 5.61. The number of carbonyl (C=O) groups excluding carboxylic acids is 2. The minimum absolute atomic E-state index is 0.113. The number of amides is 1. The normalized spacial score (nSPS) is 10.7. The van der Waals surface area contributed by atoms with Gasteiger partial charge in [-0.1, -0.05) is 24.3 Å². The van der Waals surface area contributed by atoms with E-state index in [0.717, 1.165) is 10.6 Å². The summed E-state index contributed by atoms with van der Waals surface area (Å²) in [6.45, 7) is 1.99. The van der Waals surface area contributed by atoms with Gasteiger partial charge in [-0.2, -0.15) is 5.10 Å². The first-order chi connectivity index (χ1) is 16.0. The number of anilines is 1. The molecule has 2 aromatic heterocycles. The predicted octanol–water partition coefficient (Wildman–Crippen LogP) is 4.42. The summed E-state index contributed by atoms with van der Waals surface area (Å²) in [5, 5.41) is 9.85. The molecule has 168 valence electrons. The zero-order chi connectivity index (χ0) is 23.2. The molecule has 0 spiro atoms. The van der Waals surface area contributed by atoms with Crippen molar-refractivity contribution in [3.8, 4) is 5.69 Å². The fourth-order valence-corrected chi connectivity index (χ4v) is 4.03. The Morgan fingerprint density at radius 3 is 2.70 bits per heavy atom. The summed E-state index contributed by atoms with van der Waals surface area (Å²) in [5.74, 6) is -1.00. The minimum atomic E-state index is -0.502. The molecule has 0 aliphatic rings. The third kappa shape index (κ3) is 5.69. The zero-order valence-corrected chi connectivity index (χ0v) is 18.6.